The molecule has 29 heavy (non-hydrogen) atoms. The number of anilines is 2. The maximum absolute atomic E-state index is 12.8. The summed E-state index contributed by atoms with van der Waals surface area (Å²) in [6.07, 6.45) is 0.864. The van der Waals surface area contributed by atoms with Crippen molar-refractivity contribution in [2.75, 3.05) is 24.4 Å². The van der Waals surface area contributed by atoms with Crippen LogP contribution in [0.1, 0.15) is 37.6 Å². The van der Waals surface area contributed by atoms with E-state index >= 15 is 0 Å². The Balaban J connectivity index is 2.26. The molecule has 0 aromatic heterocycles. The van der Waals surface area contributed by atoms with Gasteiger partial charge in [-0.3, -0.25) is 9.59 Å². The van der Waals surface area contributed by atoms with Crippen molar-refractivity contribution in [3.05, 3.63) is 45.9 Å². The van der Waals surface area contributed by atoms with Gasteiger partial charge in [-0.2, -0.15) is 0 Å². The maximum Gasteiger partial charge on any atom is 0.255 e. The van der Waals surface area contributed by atoms with Crippen LogP contribution in [0.5, 0.6) is 11.5 Å². The summed E-state index contributed by atoms with van der Waals surface area (Å²) < 4.78 is 11.1. The van der Waals surface area contributed by atoms with Crippen molar-refractivity contribution >= 4 is 46.4 Å². The number of halogens is 2. The minimum atomic E-state index is -0.437. The van der Waals surface area contributed by atoms with Gasteiger partial charge in [0.2, 0.25) is 5.91 Å². The lowest BCUT2D eigenvalue weighted by Crippen LogP contribution is -2.15. The van der Waals surface area contributed by atoms with Crippen LogP contribution in [0.25, 0.3) is 0 Å². The van der Waals surface area contributed by atoms with Gasteiger partial charge >= 0.3 is 0 Å². The Morgan fingerprint density at radius 2 is 1.79 bits per heavy atom. The van der Waals surface area contributed by atoms with E-state index in [4.69, 9.17) is 32.7 Å². The molecule has 0 unspecified atom stereocenters. The van der Waals surface area contributed by atoms with E-state index in [0.29, 0.717) is 40.4 Å². The van der Waals surface area contributed by atoms with Gasteiger partial charge in [-0.25, -0.2) is 0 Å². The molecule has 0 radical (unpaired) electrons. The Hall–Kier alpha value is -2.44. The van der Waals surface area contributed by atoms with Crippen molar-refractivity contribution in [1.29, 1.82) is 0 Å². The number of benzene rings is 2. The number of nitrogens with one attached hydrogen (secondary N) is 2. The number of carbonyl (C=O) groups is 2. The second-order valence-electron chi connectivity index (χ2n) is 6.85. The van der Waals surface area contributed by atoms with Crippen LogP contribution < -0.4 is 20.1 Å². The molecule has 0 aliphatic heterocycles. The molecular formula is C21H24Cl2N2O4. The summed E-state index contributed by atoms with van der Waals surface area (Å²) in [5.74, 6) is 0.538. The van der Waals surface area contributed by atoms with Gasteiger partial charge in [-0.1, -0.05) is 37.0 Å². The maximum atomic E-state index is 12.8. The Bertz CT molecular complexity index is 900. The van der Waals surface area contributed by atoms with Crippen LogP contribution in [0.2, 0.25) is 10.0 Å². The van der Waals surface area contributed by atoms with Gasteiger partial charge in [-0.15, -0.1) is 0 Å². The summed E-state index contributed by atoms with van der Waals surface area (Å²) in [5.41, 5.74) is 1.07. The van der Waals surface area contributed by atoms with Gasteiger partial charge in [0.05, 0.1) is 30.1 Å². The highest BCUT2D eigenvalue weighted by Crippen LogP contribution is 2.37. The third-order valence-corrected chi connectivity index (χ3v) is 4.49. The zero-order valence-corrected chi connectivity index (χ0v) is 18.3. The third-order valence-electron chi connectivity index (χ3n) is 3.97. The molecule has 2 rings (SSSR count). The first kappa shape index (κ1) is 22.8. The van der Waals surface area contributed by atoms with Crippen LogP contribution in [-0.2, 0) is 4.79 Å². The molecule has 0 saturated heterocycles. The van der Waals surface area contributed by atoms with E-state index in [1.807, 2.05) is 0 Å². The number of carbonyl (C=O) groups excluding carboxylic acids is 2. The van der Waals surface area contributed by atoms with Crippen molar-refractivity contribution in [2.24, 2.45) is 5.92 Å². The van der Waals surface area contributed by atoms with Crippen LogP contribution in [0.15, 0.2) is 30.3 Å². The average molecular weight is 439 g/mol. The molecule has 0 spiro atoms. The second-order valence-corrected chi connectivity index (χ2v) is 7.69. The van der Waals surface area contributed by atoms with E-state index in [1.54, 1.807) is 24.3 Å². The van der Waals surface area contributed by atoms with Gasteiger partial charge in [0, 0.05) is 17.5 Å². The van der Waals surface area contributed by atoms with Gasteiger partial charge in [0.15, 0.2) is 11.5 Å². The summed E-state index contributed by atoms with van der Waals surface area (Å²) in [6, 6.07) is 7.83. The third kappa shape index (κ3) is 6.54. The molecule has 2 aromatic rings. The molecule has 0 saturated carbocycles. The first-order chi connectivity index (χ1) is 13.7. The minimum absolute atomic E-state index is 0.268. The Morgan fingerprint density at radius 3 is 2.41 bits per heavy atom. The highest BCUT2D eigenvalue weighted by molar-refractivity contribution is 6.33. The quantitative estimate of drug-likeness (QED) is 0.558. The van der Waals surface area contributed by atoms with Crippen LogP contribution in [0.4, 0.5) is 11.4 Å². The highest BCUT2D eigenvalue weighted by atomic mass is 35.5. The van der Waals surface area contributed by atoms with E-state index in [-0.39, 0.29) is 16.5 Å². The van der Waals surface area contributed by atoms with E-state index < -0.39 is 5.91 Å². The van der Waals surface area contributed by atoms with Gasteiger partial charge in [0.25, 0.3) is 5.91 Å². The molecule has 0 atom stereocenters. The summed E-state index contributed by atoms with van der Waals surface area (Å²) >= 11 is 12.4. The molecule has 0 fully saturated rings. The Kier molecular flexibility index (Phi) is 8.17. The summed E-state index contributed by atoms with van der Waals surface area (Å²) in [7, 11) is 1.48. The fourth-order valence-corrected chi connectivity index (χ4v) is 2.94. The monoisotopic (exact) mass is 438 g/mol. The Morgan fingerprint density at radius 1 is 1.07 bits per heavy atom. The lowest BCUT2D eigenvalue weighted by molar-refractivity contribution is -0.114. The zero-order chi connectivity index (χ0) is 21.6. The SMILES string of the molecule is COc1cc(C(=O)Nc2cc(Cl)ccc2NC(C)=O)cc(Cl)c1OCCC(C)C. The van der Waals surface area contributed by atoms with Crippen LogP contribution in [-0.4, -0.2) is 25.5 Å². The van der Waals surface area contributed by atoms with E-state index in [0.717, 1.165) is 6.42 Å². The molecule has 0 bridgehead atoms. The normalized spacial score (nSPS) is 10.6. The zero-order valence-electron chi connectivity index (χ0n) is 16.8. The highest BCUT2D eigenvalue weighted by Gasteiger charge is 2.17. The van der Waals surface area contributed by atoms with E-state index in [1.165, 1.54) is 20.1 Å². The Labute approximate surface area is 180 Å². The smallest absolute Gasteiger partial charge is 0.255 e. The van der Waals surface area contributed by atoms with E-state index in [2.05, 4.69) is 24.5 Å². The van der Waals surface area contributed by atoms with Gasteiger partial charge in [-0.05, 0) is 42.7 Å². The lowest BCUT2D eigenvalue weighted by atomic mass is 10.1. The van der Waals surface area contributed by atoms with E-state index in [9.17, 15) is 9.59 Å². The molecule has 0 aliphatic rings. The molecule has 0 aliphatic carbocycles. The van der Waals surface area contributed by atoms with Crippen LogP contribution >= 0.6 is 23.2 Å². The molecular weight excluding hydrogens is 415 g/mol. The molecule has 2 aromatic carbocycles. The van der Waals surface area contributed by atoms with Gasteiger partial charge in [0.1, 0.15) is 0 Å². The lowest BCUT2D eigenvalue weighted by Gasteiger charge is -2.16. The molecule has 6 nitrogen and oxygen atoms in total. The molecule has 2 N–H and O–H groups in total. The minimum Gasteiger partial charge on any atom is -0.493 e. The fraction of sp³-hybridized carbons (Fsp3) is 0.333. The largest absolute Gasteiger partial charge is 0.493 e. The number of ether oxygens (including phenoxy) is 2. The average Bonchev–Trinajstić information content (AvgIpc) is 2.64. The summed E-state index contributed by atoms with van der Waals surface area (Å²) in [5, 5.41) is 6.07. The molecule has 0 heterocycles. The number of hydrogen-bond donors (Lipinski definition) is 2. The van der Waals surface area contributed by atoms with Crippen LogP contribution in [0.3, 0.4) is 0 Å². The predicted molar refractivity (Wildman–Crippen MR) is 117 cm³/mol. The summed E-state index contributed by atoms with van der Waals surface area (Å²) in [4.78, 5) is 24.2. The van der Waals surface area contributed by atoms with Crippen molar-refractivity contribution < 1.29 is 19.1 Å². The van der Waals surface area contributed by atoms with Gasteiger partial charge < -0.3 is 20.1 Å². The van der Waals surface area contributed by atoms with Crippen molar-refractivity contribution in [3.8, 4) is 11.5 Å². The van der Waals surface area contributed by atoms with Crippen molar-refractivity contribution in [2.45, 2.75) is 27.2 Å². The number of rotatable bonds is 8. The number of amides is 2. The first-order valence-electron chi connectivity index (χ1n) is 9.10. The van der Waals surface area contributed by atoms with Crippen molar-refractivity contribution in [1.82, 2.24) is 0 Å². The second kappa shape index (κ2) is 10.4. The summed E-state index contributed by atoms with van der Waals surface area (Å²) in [6.45, 7) is 6.06. The topological polar surface area (TPSA) is 76.7 Å². The standard InChI is InChI=1S/C21H24Cl2N2O4/c1-12(2)7-8-29-20-16(23)9-14(10-19(20)28-4)21(27)25-18-11-15(22)5-6-17(18)24-13(3)26/h5-6,9-12H,7-8H2,1-4H3,(H,24,26)(H,25,27). The molecule has 156 valence electrons. The van der Waals surface area contributed by atoms with Crippen LogP contribution in [0, 0.1) is 5.92 Å². The number of methoxy groups -OCH3 is 1. The number of hydrogen-bond acceptors (Lipinski definition) is 4. The molecule has 8 heteroatoms. The molecule has 2 amide bonds. The predicted octanol–water partition coefficient (Wildman–Crippen LogP) is 5.64. The van der Waals surface area contributed by atoms with Crippen molar-refractivity contribution in [3.63, 3.8) is 0 Å². The first-order valence-corrected chi connectivity index (χ1v) is 9.85. The fourth-order valence-electron chi connectivity index (χ4n) is 2.50.